The summed E-state index contributed by atoms with van der Waals surface area (Å²) in [7, 11) is 0. The molecule has 0 amide bonds. The number of hydrogen-bond donors (Lipinski definition) is 1. The van der Waals surface area contributed by atoms with Crippen molar-refractivity contribution >= 4 is 5.69 Å². The number of nitrogens with one attached hydrogen (secondary N) is 1. The van der Waals surface area contributed by atoms with Gasteiger partial charge in [-0.15, -0.1) is 0 Å². The zero-order valence-electron chi connectivity index (χ0n) is 14.5. The van der Waals surface area contributed by atoms with Crippen molar-refractivity contribution in [2.45, 2.75) is 38.9 Å². The summed E-state index contributed by atoms with van der Waals surface area (Å²) in [4.78, 5) is 6.48. The van der Waals surface area contributed by atoms with E-state index in [0.717, 1.165) is 49.7 Å². The SMILES string of the molecule is Cc1nc2n(n1)C[C@H](NCc1ccc(N3CCOCC3)c(F)c1)CC2. The van der Waals surface area contributed by atoms with Gasteiger partial charge in [-0.2, -0.15) is 5.10 Å². The second kappa shape index (κ2) is 7.09. The molecule has 3 heterocycles. The van der Waals surface area contributed by atoms with Crippen LogP contribution in [0.2, 0.25) is 0 Å². The number of benzene rings is 1. The topological polar surface area (TPSA) is 55.2 Å². The van der Waals surface area contributed by atoms with Crippen molar-refractivity contribution < 1.29 is 9.13 Å². The molecule has 0 radical (unpaired) electrons. The van der Waals surface area contributed by atoms with E-state index in [0.29, 0.717) is 31.5 Å². The maximum Gasteiger partial charge on any atom is 0.147 e. The van der Waals surface area contributed by atoms with Gasteiger partial charge in [-0.05, 0) is 31.0 Å². The van der Waals surface area contributed by atoms with E-state index in [1.807, 2.05) is 28.6 Å². The summed E-state index contributed by atoms with van der Waals surface area (Å²) < 4.78 is 21.8. The monoisotopic (exact) mass is 345 g/mol. The van der Waals surface area contributed by atoms with E-state index in [2.05, 4.69) is 15.4 Å². The lowest BCUT2D eigenvalue weighted by Gasteiger charge is -2.29. The lowest BCUT2D eigenvalue weighted by molar-refractivity contribution is 0.122. The first kappa shape index (κ1) is 16.5. The first-order chi connectivity index (χ1) is 12.2. The average Bonchev–Trinajstić information content (AvgIpc) is 3.00. The maximum atomic E-state index is 14.5. The lowest BCUT2D eigenvalue weighted by Crippen LogP contribution is -2.37. The van der Waals surface area contributed by atoms with Crippen LogP contribution in [-0.2, 0) is 24.2 Å². The van der Waals surface area contributed by atoms with E-state index in [4.69, 9.17) is 4.74 Å². The Morgan fingerprint density at radius 2 is 2.16 bits per heavy atom. The van der Waals surface area contributed by atoms with E-state index in [1.165, 1.54) is 0 Å². The molecule has 0 spiro atoms. The van der Waals surface area contributed by atoms with Crippen LogP contribution < -0.4 is 10.2 Å². The van der Waals surface area contributed by atoms with Crippen LogP contribution in [0.4, 0.5) is 10.1 Å². The van der Waals surface area contributed by atoms with Crippen LogP contribution in [-0.4, -0.2) is 47.1 Å². The number of rotatable bonds is 4. The molecular weight excluding hydrogens is 321 g/mol. The molecule has 7 heteroatoms. The Balaban J connectivity index is 1.36. The predicted molar refractivity (Wildman–Crippen MR) is 93.1 cm³/mol. The second-order valence-corrected chi connectivity index (χ2v) is 6.76. The molecule has 1 saturated heterocycles. The summed E-state index contributed by atoms with van der Waals surface area (Å²) in [6.45, 7) is 6.22. The minimum atomic E-state index is -0.154. The third kappa shape index (κ3) is 3.67. The van der Waals surface area contributed by atoms with Crippen LogP contribution in [0.25, 0.3) is 0 Å². The van der Waals surface area contributed by atoms with Gasteiger partial charge in [0.15, 0.2) is 0 Å². The fourth-order valence-electron chi connectivity index (χ4n) is 3.58. The van der Waals surface area contributed by atoms with Crippen molar-refractivity contribution in [2.75, 3.05) is 31.2 Å². The quantitative estimate of drug-likeness (QED) is 0.913. The molecule has 4 rings (SSSR count). The van der Waals surface area contributed by atoms with Gasteiger partial charge in [0.1, 0.15) is 17.5 Å². The first-order valence-corrected chi connectivity index (χ1v) is 8.94. The van der Waals surface area contributed by atoms with Gasteiger partial charge >= 0.3 is 0 Å². The van der Waals surface area contributed by atoms with Crippen LogP contribution >= 0.6 is 0 Å². The first-order valence-electron chi connectivity index (χ1n) is 8.94. The number of aryl methyl sites for hydroxylation is 2. The summed E-state index contributed by atoms with van der Waals surface area (Å²) in [6, 6.07) is 5.88. The van der Waals surface area contributed by atoms with Gasteiger partial charge in [0, 0.05) is 32.1 Å². The minimum absolute atomic E-state index is 0.154. The van der Waals surface area contributed by atoms with Crippen molar-refractivity contribution in [1.82, 2.24) is 20.1 Å². The normalized spacial score (nSPS) is 20.6. The zero-order valence-corrected chi connectivity index (χ0v) is 14.5. The van der Waals surface area contributed by atoms with E-state index < -0.39 is 0 Å². The molecule has 0 aliphatic carbocycles. The Morgan fingerprint density at radius 1 is 1.32 bits per heavy atom. The molecule has 2 aliphatic rings. The molecule has 1 aromatic heterocycles. The van der Waals surface area contributed by atoms with Gasteiger partial charge in [0.2, 0.25) is 0 Å². The predicted octanol–water partition coefficient (Wildman–Crippen LogP) is 1.67. The molecule has 6 nitrogen and oxygen atoms in total. The molecule has 2 aromatic rings. The summed E-state index contributed by atoms with van der Waals surface area (Å²) >= 11 is 0. The zero-order chi connectivity index (χ0) is 17.2. The molecule has 25 heavy (non-hydrogen) atoms. The van der Waals surface area contributed by atoms with Gasteiger partial charge in [-0.3, -0.25) is 0 Å². The van der Waals surface area contributed by atoms with E-state index in [-0.39, 0.29) is 5.82 Å². The number of hydrogen-bond acceptors (Lipinski definition) is 5. The van der Waals surface area contributed by atoms with Crippen molar-refractivity contribution in [2.24, 2.45) is 0 Å². The fourth-order valence-corrected chi connectivity index (χ4v) is 3.58. The Bertz CT molecular complexity index is 741. The number of anilines is 1. The van der Waals surface area contributed by atoms with Crippen molar-refractivity contribution in [3.8, 4) is 0 Å². The molecular formula is C18H24FN5O. The number of morpholine rings is 1. The van der Waals surface area contributed by atoms with Gasteiger partial charge in [-0.25, -0.2) is 14.1 Å². The van der Waals surface area contributed by atoms with Gasteiger partial charge in [0.25, 0.3) is 0 Å². The van der Waals surface area contributed by atoms with Crippen molar-refractivity contribution in [3.05, 3.63) is 41.2 Å². The second-order valence-electron chi connectivity index (χ2n) is 6.76. The number of ether oxygens (including phenoxy) is 1. The number of nitrogens with zero attached hydrogens (tertiary/aromatic N) is 4. The summed E-state index contributed by atoms with van der Waals surface area (Å²) in [5.41, 5.74) is 1.64. The third-order valence-corrected chi connectivity index (χ3v) is 4.92. The van der Waals surface area contributed by atoms with Crippen molar-refractivity contribution in [3.63, 3.8) is 0 Å². The Hall–Kier alpha value is -1.99. The Labute approximate surface area is 147 Å². The molecule has 134 valence electrons. The number of aromatic nitrogens is 3. The third-order valence-electron chi connectivity index (χ3n) is 4.92. The van der Waals surface area contributed by atoms with E-state index in [1.54, 1.807) is 6.07 Å². The molecule has 1 fully saturated rings. The molecule has 2 aliphatic heterocycles. The molecule has 0 bridgehead atoms. The average molecular weight is 345 g/mol. The summed E-state index contributed by atoms with van der Waals surface area (Å²) in [5, 5.41) is 7.95. The lowest BCUT2D eigenvalue weighted by atomic mass is 10.1. The standard InChI is InChI=1S/C18H24FN5O/c1-13-21-18-5-3-15(12-24(18)22-13)20-11-14-2-4-17(16(19)10-14)23-6-8-25-9-7-23/h2,4,10,15,20H,3,5-9,11-12H2,1H3/t15-/m1/s1. The van der Waals surface area contributed by atoms with Gasteiger partial charge < -0.3 is 15.0 Å². The summed E-state index contributed by atoms with van der Waals surface area (Å²) in [6.07, 6.45) is 1.97. The van der Waals surface area contributed by atoms with Gasteiger partial charge in [-0.1, -0.05) is 6.07 Å². The highest BCUT2D eigenvalue weighted by Crippen LogP contribution is 2.22. The van der Waals surface area contributed by atoms with Crippen LogP contribution in [0.1, 0.15) is 23.6 Å². The molecule has 1 aromatic carbocycles. The highest BCUT2D eigenvalue weighted by Gasteiger charge is 2.21. The van der Waals surface area contributed by atoms with Crippen molar-refractivity contribution in [1.29, 1.82) is 0 Å². The van der Waals surface area contributed by atoms with E-state index in [9.17, 15) is 4.39 Å². The molecule has 0 unspecified atom stereocenters. The van der Waals surface area contributed by atoms with Crippen LogP contribution in [0.3, 0.4) is 0 Å². The highest BCUT2D eigenvalue weighted by molar-refractivity contribution is 5.49. The largest absolute Gasteiger partial charge is 0.378 e. The van der Waals surface area contributed by atoms with E-state index >= 15 is 0 Å². The fraction of sp³-hybridized carbons (Fsp3) is 0.556. The smallest absolute Gasteiger partial charge is 0.147 e. The molecule has 0 saturated carbocycles. The Kier molecular flexibility index (Phi) is 4.67. The summed E-state index contributed by atoms with van der Waals surface area (Å²) in [5.74, 6) is 1.74. The van der Waals surface area contributed by atoms with Crippen LogP contribution in [0.5, 0.6) is 0 Å². The number of halogens is 1. The van der Waals surface area contributed by atoms with Crippen LogP contribution in [0.15, 0.2) is 18.2 Å². The highest BCUT2D eigenvalue weighted by atomic mass is 19.1. The Morgan fingerprint density at radius 3 is 2.96 bits per heavy atom. The maximum absolute atomic E-state index is 14.5. The van der Waals surface area contributed by atoms with Crippen LogP contribution in [0, 0.1) is 12.7 Å². The minimum Gasteiger partial charge on any atom is -0.378 e. The van der Waals surface area contributed by atoms with Gasteiger partial charge in [0.05, 0.1) is 25.4 Å². The molecule has 1 N–H and O–H groups in total. The number of fused-ring (bicyclic) bond motifs is 1. The molecule has 1 atom stereocenters.